The Morgan fingerprint density at radius 2 is 1.59 bits per heavy atom. The molecule has 2 rings (SSSR count). The summed E-state index contributed by atoms with van der Waals surface area (Å²) in [5.41, 5.74) is 6.53. The molecule has 0 aromatic heterocycles. The topological polar surface area (TPSA) is 87.3 Å². The average molecular weight is 365 g/mol. The predicted octanol–water partition coefficient (Wildman–Crippen LogP) is 3.15. The second kappa shape index (κ2) is 9.91. The zero-order valence-electron chi connectivity index (χ0n) is 15.4. The first-order chi connectivity index (χ1) is 12.9. The van der Waals surface area contributed by atoms with Gasteiger partial charge in [-0.1, -0.05) is 44.2 Å². The number of carbonyl (C=O) groups is 3. The molecule has 0 aliphatic rings. The fourth-order valence-corrected chi connectivity index (χ4v) is 2.26. The maximum Gasteiger partial charge on any atom is 0.269 e. The maximum absolute atomic E-state index is 12.1. The van der Waals surface area contributed by atoms with Gasteiger partial charge < -0.3 is 5.32 Å². The Hall–Kier alpha value is -3.41. The Bertz CT molecular complexity index is 812. The van der Waals surface area contributed by atoms with Crippen molar-refractivity contribution in [2.75, 3.05) is 5.32 Å². The third-order valence-electron chi connectivity index (χ3n) is 3.55. The number of benzene rings is 2. The Kier molecular flexibility index (Phi) is 7.31. The van der Waals surface area contributed by atoms with E-state index in [-0.39, 0.29) is 11.8 Å². The highest BCUT2D eigenvalue weighted by atomic mass is 16.2. The lowest BCUT2D eigenvalue weighted by Gasteiger charge is -2.08. The zero-order valence-corrected chi connectivity index (χ0v) is 15.4. The van der Waals surface area contributed by atoms with E-state index >= 15 is 0 Å². The van der Waals surface area contributed by atoms with Crippen molar-refractivity contribution in [1.29, 1.82) is 0 Å². The highest BCUT2D eigenvalue weighted by Gasteiger charge is 2.08. The summed E-state index contributed by atoms with van der Waals surface area (Å²) in [6.07, 6.45) is 3.42. The van der Waals surface area contributed by atoms with Crippen LogP contribution in [0.3, 0.4) is 0 Å². The number of anilines is 1. The number of hydrogen-bond acceptors (Lipinski definition) is 3. The standard InChI is InChI=1S/C21H23N3O3/c1-15(2)14-20(26)22-18-11-9-17(10-12-18)21(27)24-23-19(25)13-8-16-6-4-3-5-7-16/h3-13,15H,14H2,1-2H3,(H,22,26)(H,23,25)(H,24,27). The van der Waals surface area contributed by atoms with Gasteiger partial charge >= 0.3 is 0 Å². The van der Waals surface area contributed by atoms with Crippen molar-refractivity contribution in [2.24, 2.45) is 5.92 Å². The van der Waals surface area contributed by atoms with Gasteiger partial charge in [-0.15, -0.1) is 0 Å². The van der Waals surface area contributed by atoms with E-state index in [9.17, 15) is 14.4 Å². The molecular formula is C21H23N3O3. The Morgan fingerprint density at radius 1 is 0.926 bits per heavy atom. The third kappa shape index (κ3) is 7.15. The molecule has 0 saturated carbocycles. The quantitative estimate of drug-likeness (QED) is 0.543. The number of hydrazine groups is 1. The van der Waals surface area contributed by atoms with Gasteiger partial charge in [0.15, 0.2) is 0 Å². The van der Waals surface area contributed by atoms with Gasteiger partial charge in [0.1, 0.15) is 0 Å². The summed E-state index contributed by atoms with van der Waals surface area (Å²) in [7, 11) is 0. The van der Waals surface area contributed by atoms with Crippen LogP contribution in [-0.4, -0.2) is 17.7 Å². The first-order valence-electron chi connectivity index (χ1n) is 8.67. The Morgan fingerprint density at radius 3 is 2.22 bits per heavy atom. The molecule has 0 saturated heterocycles. The molecule has 0 unspecified atom stereocenters. The van der Waals surface area contributed by atoms with Crippen molar-refractivity contribution < 1.29 is 14.4 Å². The molecule has 0 aliphatic carbocycles. The number of hydrogen-bond donors (Lipinski definition) is 3. The molecule has 0 bridgehead atoms. The van der Waals surface area contributed by atoms with Crippen LogP contribution in [0, 0.1) is 5.92 Å². The molecule has 0 heterocycles. The fourth-order valence-electron chi connectivity index (χ4n) is 2.26. The molecule has 3 amide bonds. The van der Waals surface area contributed by atoms with Gasteiger partial charge in [0, 0.05) is 23.7 Å². The molecule has 6 heteroatoms. The van der Waals surface area contributed by atoms with Crippen LogP contribution in [-0.2, 0) is 9.59 Å². The van der Waals surface area contributed by atoms with Gasteiger partial charge in [-0.25, -0.2) is 0 Å². The molecule has 0 aliphatic heterocycles. The van der Waals surface area contributed by atoms with Crippen molar-refractivity contribution in [3.05, 3.63) is 71.8 Å². The first-order valence-corrected chi connectivity index (χ1v) is 8.67. The van der Waals surface area contributed by atoms with Gasteiger partial charge in [-0.05, 0) is 41.8 Å². The summed E-state index contributed by atoms with van der Waals surface area (Å²) in [5.74, 6) is -0.685. The summed E-state index contributed by atoms with van der Waals surface area (Å²) in [5, 5.41) is 2.77. The van der Waals surface area contributed by atoms with Crippen LogP contribution in [0.2, 0.25) is 0 Å². The van der Waals surface area contributed by atoms with Crippen LogP contribution in [0.4, 0.5) is 5.69 Å². The summed E-state index contributed by atoms with van der Waals surface area (Å²) < 4.78 is 0. The minimum atomic E-state index is -0.448. The van der Waals surface area contributed by atoms with Gasteiger partial charge in [-0.3, -0.25) is 25.2 Å². The van der Waals surface area contributed by atoms with Crippen molar-refractivity contribution in [2.45, 2.75) is 20.3 Å². The van der Waals surface area contributed by atoms with Crippen LogP contribution >= 0.6 is 0 Å². The molecule has 0 atom stereocenters. The number of nitrogens with one attached hydrogen (secondary N) is 3. The van der Waals surface area contributed by atoms with Gasteiger partial charge in [0.25, 0.3) is 11.8 Å². The number of carbonyl (C=O) groups excluding carboxylic acids is 3. The lowest BCUT2D eigenvalue weighted by atomic mass is 10.1. The highest BCUT2D eigenvalue weighted by Crippen LogP contribution is 2.11. The zero-order chi connectivity index (χ0) is 19.6. The summed E-state index contributed by atoms with van der Waals surface area (Å²) in [4.78, 5) is 35.6. The minimum absolute atomic E-state index is 0.0698. The van der Waals surface area contributed by atoms with E-state index in [1.165, 1.54) is 6.08 Å². The van der Waals surface area contributed by atoms with Crippen LogP contribution in [0.15, 0.2) is 60.7 Å². The number of amides is 3. The van der Waals surface area contributed by atoms with E-state index in [2.05, 4.69) is 16.2 Å². The molecule has 0 spiro atoms. The van der Waals surface area contributed by atoms with Gasteiger partial charge in [0.2, 0.25) is 5.91 Å². The van der Waals surface area contributed by atoms with Crippen LogP contribution < -0.4 is 16.2 Å². The smallest absolute Gasteiger partial charge is 0.269 e. The molecule has 6 nitrogen and oxygen atoms in total. The molecule has 0 radical (unpaired) electrons. The summed E-state index contributed by atoms with van der Waals surface area (Å²) >= 11 is 0. The fraction of sp³-hybridized carbons (Fsp3) is 0.190. The van der Waals surface area contributed by atoms with Gasteiger partial charge in [-0.2, -0.15) is 0 Å². The molecule has 2 aromatic rings. The van der Waals surface area contributed by atoms with E-state index < -0.39 is 11.8 Å². The third-order valence-corrected chi connectivity index (χ3v) is 3.55. The van der Waals surface area contributed by atoms with Crippen molar-refractivity contribution >= 4 is 29.5 Å². The molecule has 27 heavy (non-hydrogen) atoms. The van der Waals surface area contributed by atoms with Gasteiger partial charge in [0.05, 0.1) is 0 Å². The predicted molar refractivity (Wildman–Crippen MR) is 106 cm³/mol. The van der Waals surface area contributed by atoms with Crippen LogP contribution in [0.25, 0.3) is 6.08 Å². The number of rotatable bonds is 6. The summed E-state index contributed by atoms with van der Waals surface area (Å²) in [6, 6.07) is 15.8. The molecule has 140 valence electrons. The first kappa shape index (κ1) is 19.9. The Labute approximate surface area is 158 Å². The van der Waals surface area contributed by atoms with Crippen molar-refractivity contribution in [3.8, 4) is 0 Å². The second-order valence-electron chi connectivity index (χ2n) is 6.41. The molecule has 3 N–H and O–H groups in total. The van der Waals surface area contributed by atoms with Crippen molar-refractivity contribution in [1.82, 2.24) is 10.9 Å². The highest BCUT2D eigenvalue weighted by molar-refractivity contribution is 5.98. The van der Waals surface area contributed by atoms with Crippen LogP contribution in [0.1, 0.15) is 36.2 Å². The molecule has 2 aromatic carbocycles. The largest absolute Gasteiger partial charge is 0.326 e. The Balaban J connectivity index is 1.82. The molecular weight excluding hydrogens is 342 g/mol. The normalized spacial score (nSPS) is 10.6. The minimum Gasteiger partial charge on any atom is -0.326 e. The molecule has 0 fully saturated rings. The van der Waals surface area contributed by atoms with E-state index in [1.54, 1.807) is 30.3 Å². The van der Waals surface area contributed by atoms with Crippen LogP contribution in [0.5, 0.6) is 0 Å². The maximum atomic E-state index is 12.1. The van der Waals surface area contributed by atoms with E-state index in [0.29, 0.717) is 17.7 Å². The monoisotopic (exact) mass is 365 g/mol. The van der Waals surface area contributed by atoms with Crippen molar-refractivity contribution in [3.63, 3.8) is 0 Å². The van der Waals surface area contributed by atoms with E-state index in [4.69, 9.17) is 0 Å². The summed E-state index contributed by atoms with van der Waals surface area (Å²) in [6.45, 7) is 3.94. The lowest BCUT2D eigenvalue weighted by molar-refractivity contribution is -0.117. The average Bonchev–Trinajstić information content (AvgIpc) is 2.65. The lowest BCUT2D eigenvalue weighted by Crippen LogP contribution is -2.40. The SMILES string of the molecule is CC(C)CC(=O)Nc1ccc(C(=O)NNC(=O)C=Cc2ccccc2)cc1. The van der Waals surface area contributed by atoms with E-state index in [0.717, 1.165) is 5.56 Å². The second-order valence-corrected chi connectivity index (χ2v) is 6.41. The van der Waals surface area contributed by atoms with E-state index in [1.807, 2.05) is 44.2 Å².